The van der Waals surface area contributed by atoms with E-state index in [2.05, 4.69) is 51.1 Å². The van der Waals surface area contributed by atoms with Crippen molar-refractivity contribution in [3.63, 3.8) is 0 Å². The normalized spacial score (nSPS) is 19.1. The summed E-state index contributed by atoms with van der Waals surface area (Å²) in [5, 5.41) is 0. The standard InChI is InChI=1S/C27H36O2/c1-4-20-7-11-24(12-8-20)25-13-15-26(16-14-25)27(28)29-18-17-21-9-10-22(5-2)23(6-3)19-21/h9-10,13-16,19-20,24H,4-8,11-12,17-18H2,1-3H3. The molecule has 2 heteroatoms. The quantitative estimate of drug-likeness (QED) is 0.457. The number of carbonyl (C=O) groups excluding carboxylic acids is 1. The fourth-order valence-electron chi connectivity index (χ4n) is 4.65. The van der Waals surface area contributed by atoms with Gasteiger partial charge in [-0.15, -0.1) is 0 Å². The number of hydrogen-bond donors (Lipinski definition) is 0. The molecule has 2 aromatic carbocycles. The van der Waals surface area contributed by atoms with Crippen LogP contribution in [0.1, 0.15) is 91.4 Å². The zero-order valence-electron chi connectivity index (χ0n) is 18.4. The highest BCUT2D eigenvalue weighted by atomic mass is 16.5. The van der Waals surface area contributed by atoms with E-state index in [0.29, 0.717) is 18.1 Å². The van der Waals surface area contributed by atoms with Gasteiger partial charge >= 0.3 is 5.97 Å². The Balaban J connectivity index is 1.50. The summed E-state index contributed by atoms with van der Waals surface area (Å²) in [6.45, 7) is 7.11. The maximum atomic E-state index is 12.4. The minimum atomic E-state index is -0.216. The first kappa shape index (κ1) is 21.6. The minimum absolute atomic E-state index is 0.216. The lowest BCUT2D eigenvalue weighted by atomic mass is 9.78. The van der Waals surface area contributed by atoms with Crippen LogP contribution < -0.4 is 0 Å². The number of benzene rings is 2. The number of carbonyl (C=O) groups is 1. The summed E-state index contributed by atoms with van der Waals surface area (Å²) in [5.74, 6) is 1.35. The summed E-state index contributed by atoms with van der Waals surface area (Å²) in [7, 11) is 0. The molecule has 0 unspecified atom stereocenters. The molecule has 0 bridgehead atoms. The summed E-state index contributed by atoms with van der Waals surface area (Å²) in [6.07, 6.45) is 9.41. The van der Waals surface area contributed by atoms with Crippen molar-refractivity contribution >= 4 is 5.97 Å². The fraction of sp³-hybridized carbons (Fsp3) is 0.519. The largest absolute Gasteiger partial charge is 0.462 e. The zero-order valence-corrected chi connectivity index (χ0v) is 18.4. The lowest BCUT2D eigenvalue weighted by molar-refractivity contribution is 0.0509. The third-order valence-corrected chi connectivity index (χ3v) is 6.70. The van der Waals surface area contributed by atoms with Gasteiger partial charge in [0.15, 0.2) is 0 Å². The van der Waals surface area contributed by atoms with Gasteiger partial charge in [0.1, 0.15) is 0 Å². The summed E-state index contributed by atoms with van der Waals surface area (Å²) in [5.41, 5.74) is 6.09. The SMILES string of the molecule is CCc1ccc(CCOC(=O)c2ccc(C3CCC(CC)CC3)cc2)cc1CC. The van der Waals surface area contributed by atoms with Crippen LogP contribution in [0.4, 0.5) is 0 Å². The highest BCUT2D eigenvalue weighted by Crippen LogP contribution is 2.36. The lowest BCUT2D eigenvalue weighted by Gasteiger charge is -2.28. The topological polar surface area (TPSA) is 26.3 Å². The van der Waals surface area contributed by atoms with Crippen LogP contribution in [-0.4, -0.2) is 12.6 Å². The molecule has 0 saturated heterocycles. The molecule has 1 fully saturated rings. The molecule has 0 radical (unpaired) electrons. The van der Waals surface area contributed by atoms with E-state index >= 15 is 0 Å². The molecule has 0 aromatic heterocycles. The summed E-state index contributed by atoms with van der Waals surface area (Å²) < 4.78 is 5.54. The van der Waals surface area contributed by atoms with Crippen molar-refractivity contribution in [1.82, 2.24) is 0 Å². The second-order valence-electron chi connectivity index (χ2n) is 8.44. The highest BCUT2D eigenvalue weighted by Gasteiger charge is 2.21. The van der Waals surface area contributed by atoms with Gasteiger partial charge in [-0.2, -0.15) is 0 Å². The van der Waals surface area contributed by atoms with E-state index in [1.807, 2.05) is 12.1 Å². The molecule has 3 rings (SSSR count). The van der Waals surface area contributed by atoms with Gasteiger partial charge in [-0.05, 0) is 84.7 Å². The van der Waals surface area contributed by atoms with Crippen LogP contribution in [0, 0.1) is 5.92 Å². The fourth-order valence-corrected chi connectivity index (χ4v) is 4.65. The second-order valence-corrected chi connectivity index (χ2v) is 8.44. The van der Waals surface area contributed by atoms with Crippen molar-refractivity contribution in [1.29, 1.82) is 0 Å². The van der Waals surface area contributed by atoms with Gasteiger partial charge in [-0.25, -0.2) is 4.79 Å². The zero-order chi connectivity index (χ0) is 20.6. The van der Waals surface area contributed by atoms with Crippen molar-refractivity contribution in [3.8, 4) is 0 Å². The molecule has 156 valence electrons. The molecule has 1 aliphatic carbocycles. The van der Waals surface area contributed by atoms with Crippen LogP contribution >= 0.6 is 0 Å². The Bertz CT molecular complexity index is 783. The number of esters is 1. The number of aryl methyl sites for hydroxylation is 2. The van der Waals surface area contributed by atoms with Crippen LogP contribution in [0.15, 0.2) is 42.5 Å². The minimum Gasteiger partial charge on any atom is -0.462 e. The first-order valence-electron chi connectivity index (χ1n) is 11.5. The Labute approximate surface area is 176 Å². The second kappa shape index (κ2) is 10.6. The van der Waals surface area contributed by atoms with Crippen LogP contribution in [0.5, 0.6) is 0 Å². The molecule has 0 heterocycles. The number of hydrogen-bond acceptors (Lipinski definition) is 2. The first-order valence-corrected chi connectivity index (χ1v) is 11.5. The van der Waals surface area contributed by atoms with Crippen LogP contribution in [0.25, 0.3) is 0 Å². The van der Waals surface area contributed by atoms with E-state index < -0.39 is 0 Å². The van der Waals surface area contributed by atoms with Crippen molar-refractivity contribution in [2.24, 2.45) is 5.92 Å². The predicted octanol–water partition coefficient (Wildman–Crippen LogP) is 6.89. The van der Waals surface area contributed by atoms with E-state index in [1.54, 1.807) is 0 Å². The van der Waals surface area contributed by atoms with E-state index in [-0.39, 0.29) is 5.97 Å². The van der Waals surface area contributed by atoms with E-state index in [0.717, 1.165) is 25.2 Å². The van der Waals surface area contributed by atoms with E-state index in [9.17, 15) is 4.79 Å². The number of rotatable bonds is 8. The number of ether oxygens (including phenoxy) is 1. The Hall–Kier alpha value is -2.09. The van der Waals surface area contributed by atoms with Gasteiger partial charge < -0.3 is 4.74 Å². The van der Waals surface area contributed by atoms with Gasteiger partial charge in [0.25, 0.3) is 0 Å². The van der Waals surface area contributed by atoms with Crippen LogP contribution in [0.2, 0.25) is 0 Å². The molecule has 0 N–H and O–H groups in total. The molecular formula is C27H36O2. The van der Waals surface area contributed by atoms with Crippen molar-refractivity contribution in [3.05, 3.63) is 70.3 Å². The molecule has 29 heavy (non-hydrogen) atoms. The lowest BCUT2D eigenvalue weighted by Crippen LogP contribution is -2.13. The molecule has 0 aliphatic heterocycles. The van der Waals surface area contributed by atoms with E-state index in [1.165, 1.54) is 54.4 Å². The molecule has 2 nitrogen and oxygen atoms in total. The monoisotopic (exact) mass is 392 g/mol. The Morgan fingerprint density at radius 1 is 0.897 bits per heavy atom. The smallest absolute Gasteiger partial charge is 0.338 e. The van der Waals surface area contributed by atoms with Gasteiger partial charge in [0.2, 0.25) is 0 Å². The first-order chi connectivity index (χ1) is 14.1. The molecule has 1 aliphatic rings. The average molecular weight is 393 g/mol. The maximum absolute atomic E-state index is 12.4. The molecule has 0 amide bonds. The van der Waals surface area contributed by atoms with Crippen LogP contribution in [0.3, 0.4) is 0 Å². The highest BCUT2D eigenvalue weighted by molar-refractivity contribution is 5.89. The van der Waals surface area contributed by atoms with Crippen molar-refractivity contribution in [2.75, 3.05) is 6.61 Å². The summed E-state index contributed by atoms with van der Waals surface area (Å²) in [6, 6.07) is 14.8. The van der Waals surface area contributed by atoms with Gasteiger partial charge in [-0.1, -0.05) is 57.5 Å². The van der Waals surface area contributed by atoms with Gasteiger partial charge in [0.05, 0.1) is 12.2 Å². The molecular weight excluding hydrogens is 356 g/mol. The van der Waals surface area contributed by atoms with Crippen LogP contribution in [-0.2, 0) is 24.0 Å². The third-order valence-electron chi connectivity index (χ3n) is 6.70. The van der Waals surface area contributed by atoms with Gasteiger partial charge in [0, 0.05) is 6.42 Å². The maximum Gasteiger partial charge on any atom is 0.338 e. The van der Waals surface area contributed by atoms with Gasteiger partial charge in [-0.3, -0.25) is 0 Å². The Morgan fingerprint density at radius 3 is 2.21 bits per heavy atom. The van der Waals surface area contributed by atoms with E-state index in [4.69, 9.17) is 4.74 Å². The Kier molecular flexibility index (Phi) is 7.91. The molecule has 0 atom stereocenters. The predicted molar refractivity (Wildman–Crippen MR) is 121 cm³/mol. The average Bonchev–Trinajstić information content (AvgIpc) is 2.79. The summed E-state index contributed by atoms with van der Waals surface area (Å²) >= 11 is 0. The molecule has 0 spiro atoms. The Morgan fingerprint density at radius 2 is 1.59 bits per heavy atom. The molecule has 1 saturated carbocycles. The summed E-state index contributed by atoms with van der Waals surface area (Å²) in [4.78, 5) is 12.4. The van der Waals surface area contributed by atoms with Crippen molar-refractivity contribution in [2.45, 2.75) is 78.1 Å². The third kappa shape index (κ3) is 5.72. The van der Waals surface area contributed by atoms with Crippen molar-refractivity contribution < 1.29 is 9.53 Å². The molecule has 2 aromatic rings.